The van der Waals surface area contributed by atoms with E-state index in [-0.39, 0.29) is 36.8 Å². The number of rotatable bonds is 6. The van der Waals surface area contributed by atoms with Gasteiger partial charge in [-0.25, -0.2) is 0 Å². The van der Waals surface area contributed by atoms with Crippen LogP contribution in [0, 0.1) is 0 Å². The number of likely N-dealkylation sites (tertiary alicyclic amines) is 1. The Morgan fingerprint density at radius 1 is 1.00 bits per heavy atom. The number of carbonyl (C=O) groups is 1. The van der Waals surface area contributed by atoms with Crippen molar-refractivity contribution in [2.45, 2.75) is 18.9 Å². The van der Waals surface area contributed by atoms with Gasteiger partial charge in [0.1, 0.15) is 0 Å². The molecular formula is C18H29Cl2N3O2. The number of ether oxygens (including phenoxy) is 1. The number of nitrogens with zero attached hydrogens (tertiary/aromatic N) is 3. The van der Waals surface area contributed by atoms with E-state index < -0.39 is 0 Å². The van der Waals surface area contributed by atoms with Gasteiger partial charge in [-0.15, -0.1) is 24.8 Å². The number of amides is 1. The Morgan fingerprint density at radius 2 is 1.68 bits per heavy atom. The highest BCUT2D eigenvalue weighted by molar-refractivity contribution is 5.85. The molecule has 2 aliphatic heterocycles. The van der Waals surface area contributed by atoms with Crippen LogP contribution in [-0.4, -0.2) is 74.7 Å². The minimum Gasteiger partial charge on any atom is -0.378 e. The van der Waals surface area contributed by atoms with Gasteiger partial charge in [0.15, 0.2) is 0 Å². The number of anilines is 1. The van der Waals surface area contributed by atoms with Gasteiger partial charge < -0.3 is 14.5 Å². The molecule has 7 heteroatoms. The fourth-order valence-electron chi connectivity index (χ4n) is 3.47. The van der Waals surface area contributed by atoms with E-state index in [4.69, 9.17) is 4.74 Å². The van der Waals surface area contributed by atoms with Crippen LogP contribution in [0.15, 0.2) is 30.3 Å². The molecular weight excluding hydrogens is 361 g/mol. The van der Waals surface area contributed by atoms with Crippen molar-refractivity contribution in [1.82, 2.24) is 9.80 Å². The summed E-state index contributed by atoms with van der Waals surface area (Å²) < 4.78 is 5.63. The van der Waals surface area contributed by atoms with Gasteiger partial charge in [0.25, 0.3) is 0 Å². The predicted octanol–water partition coefficient (Wildman–Crippen LogP) is 2.29. The summed E-state index contributed by atoms with van der Waals surface area (Å²) in [4.78, 5) is 18.6. The Balaban J connectivity index is 0.00000156. The van der Waals surface area contributed by atoms with E-state index in [0.29, 0.717) is 6.42 Å². The summed E-state index contributed by atoms with van der Waals surface area (Å²) in [6.45, 7) is 6.70. The van der Waals surface area contributed by atoms with Crippen molar-refractivity contribution in [2.24, 2.45) is 0 Å². The van der Waals surface area contributed by atoms with Crippen LogP contribution < -0.4 is 4.90 Å². The molecule has 2 fully saturated rings. The van der Waals surface area contributed by atoms with Crippen LogP contribution in [-0.2, 0) is 9.53 Å². The second-order valence-corrected chi connectivity index (χ2v) is 6.42. The smallest absolute Gasteiger partial charge is 0.222 e. The third-order valence-electron chi connectivity index (χ3n) is 4.88. The molecule has 0 saturated carbocycles. The van der Waals surface area contributed by atoms with E-state index in [1.54, 1.807) is 7.11 Å². The van der Waals surface area contributed by atoms with E-state index >= 15 is 0 Å². The third kappa shape index (κ3) is 6.03. The molecule has 1 aromatic carbocycles. The average Bonchev–Trinajstić information content (AvgIpc) is 3.00. The SMILES string of the molecule is COC(CN1CCN(c2ccccc2)CC1)CN1CCCC1=O.Cl.Cl. The highest BCUT2D eigenvalue weighted by atomic mass is 35.5. The molecule has 25 heavy (non-hydrogen) atoms. The Bertz CT molecular complexity index is 510. The lowest BCUT2D eigenvalue weighted by molar-refractivity contribution is -0.129. The maximum atomic E-state index is 11.8. The van der Waals surface area contributed by atoms with Crippen LogP contribution >= 0.6 is 24.8 Å². The van der Waals surface area contributed by atoms with Gasteiger partial charge in [0.2, 0.25) is 5.91 Å². The topological polar surface area (TPSA) is 36.0 Å². The molecule has 2 saturated heterocycles. The molecule has 142 valence electrons. The minimum atomic E-state index is 0. The third-order valence-corrected chi connectivity index (χ3v) is 4.88. The zero-order chi connectivity index (χ0) is 16.1. The lowest BCUT2D eigenvalue weighted by atomic mass is 10.2. The standard InChI is InChI=1S/C18H27N3O2.2ClH/c1-23-17(15-21-9-5-8-18(21)22)14-19-10-12-20(13-11-19)16-6-3-2-4-7-16;;/h2-4,6-7,17H,5,8-15H2,1H3;2*1H. The normalized spacial score (nSPS) is 19.3. The Labute approximate surface area is 163 Å². The molecule has 1 unspecified atom stereocenters. The molecule has 0 aliphatic carbocycles. The highest BCUT2D eigenvalue weighted by Gasteiger charge is 2.26. The fourth-order valence-corrected chi connectivity index (χ4v) is 3.47. The van der Waals surface area contributed by atoms with Crippen molar-refractivity contribution in [3.8, 4) is 0 Å². The molecule has 0 bridgehead atoms. The zero-order valence-corrected chi connectivity index (χ0v) is 16.4. The average molecular weight is 390 g/mol. The second-order valence-electron chi connectivity index (χ2n) is 6.42. The van der Waals surface area contributed by atoms with Gasteiger partial charge in [-0.1, -0.05) is 18.2 Å². The summed E-state index contributed by atoms with van der Waals surface area (Å²) in [5, 5.41) is 0. The summed E-state index contributed by atoms with van der Waals surface area (Å²) >= 11 is 0. The van der Waals surface area contributed by atoms with Crippen LogP contribution in [0.25, 0.3) is 0 Å². The molecule has 3 rings (SSSR count). The summed E-state index contributed by atoms with van der Waals surface area (Å²) in [5.74, 6) is 0.279. The van der Waals surface area contributed by atoms with E-state index in [1.807, 2.05) is 4.90 Å². The van der Waals surface area contributed by atoms with E-state index in [1.165, 1.54) is 5.69 Å². The van der Waals surface area contributed by atoms with Gasteiger partial charge in [-0.3, -0.25) is 9.69 Å². The maximum absolute atomic E-state index is 11.8. The Hall–Kier alpha value is -1.01. The first-order valence-electron chi connectivity index (χ1n) is 8.59. The van der Waals surface area contributed by atoms with Crippen molar-refractivity contribution < 1.29 is 9.53 Å². The predicted molar refractivity (Wildman–Crippen MR) is 106 cm³/mol. The summed E-state index contributed by atoms with van der Waals surface area (Å²) in [6.07, 6.45) is 1.80. The van der Waals surface area contributed by atoms with Crippen molar-refractivity contribution in [3.05, 3.63) is 30.3 Å². The second kappa shape index (κ2) is 10.9. The largest absolute Gasteiger partial charge is 0.378 e. The van der Waals surface area contributed by atoms with Gasteiger partial charge in [-0.2, -0.15) is 0 Å². The minimum absolute atomic E-state index is 0. The number of hydrogen-bond donors (Lipinski definition) is 0. The zero-order valence-electron chi connectivity index (χ0n) is 14.8. The number of methoxy groups -OCH3 is 1. The number of carbonyl (C=O) groups excluding carboxylic acids is 1. The van der Waals surface area contributed by atoms with Gasteiger partial charge in [0, 0.05) is 65.0 Å². The molecule has 5 nitrogen and oxygen atoms in total. The number of para-hydroxylation sites is 1. The number of halogens is 2. The van der Waals surface area contributed by atoms with E-state index in [9.17, 15) is 4.79 Å². The van der Waals surface area contributed by atoms with Crippen molar-refractivity contribution in [1.29, 1.82) is 0 Å². The first kappa shape index (κ1) is 22.0. The molecule has 2 heterocycles. The molecule has 1 aromatic rings. The quantitative estimate of drug-likeness (QED) is 0.747. The van der Waals surface area contributed by atoms with Crippen LogP contribution in [0.2, 0.25) is 0 Å². The molecule has 1 atom stereocenters. The van der Waals surface area contributed by atoms with E-state index in [2.05, 4.69) is 40.1 Å². The maximum Gasteiger partial charge on any atom is 0.222 e. The van der Waals surface area contributed by atoms with Gasteiger partial charge in [-0.05, 0) is 18.6 Å². The number of hydrogen-bond acceptors (Lipinski definition) is 4. The summed E-state index contributed by atoms with van der Waals surface area (Å²) in [5.41, 5.74) is 1.30. The first-order chi connectivity index (χ1) is 11.3. The summed E-state index contributed by atoms with van der Waals surface area (Å²) in [6, 6.07) is 10.6. The van der Waals surface area contributed by atoms with E-state index in [0.717, 1.165) is 52.2 Å². The molecule has 0 aromatic heterocycles. The van der Waals surface area contributed by atoms with Crippen LogP contribution in [0.1, 0.15) is 12.8 Å². The molecule has 2 aliphatic rings. The lowest BCUT2D eigenvalue weighted by Gasteiger charge is -2.37. The van der Waals surface area contributed by atoms with Crippen molar-refractivity contribution in [2.75, 3.05) is 57.8 Å². The molecule has 0 radical (unpaired) electrons. The van der Waals surface area contributed by atoms with Crippen LogP contribution in [0.4, 0.5) is 5.69 Å². The molecule has 1 amide bonds. The van der Waals surface area contributed by atoms with Crippen LogP contribution in [0.3, 0.4) is 0 Å². The molecule has 0 N–H and O–H groups in total. The van der Waals surface area contributed by atoms with Gasteiger partial charge >= 0.3 is 0 Å². The fraction of sp³-hybridized carbons (Fsp3) is 0.611. The lowest BCUT2D eigenvalue weighted by Crippen LogP contribution is -2.50. The van der Waals surface area contributed by atoms with Crippen molar-refractivity contribution in [3.63, 3.8) is 0 Å². The summed E-state index contributed by atoms with van der Waals surface area (Å²) in [7, 11) is 1.76. The molecule has 0 spiro atoms. The first-order valence-corrected chi connectivity index (χ1v) is 8.59. The number of benzene rings is 1. The highest BCUT2D eigenvalue weighted by Crippen LogP contribution is 2.16. The Morgan fingerprint density at radius 3 is 2.24 bits per heavy atom. The number of piperazine rings is 1. The van der Waals surface area contributed by atoms with Crippen LogP contribution in [0.5, 0.6) is 0 Å². The Kier molecular flexibility index (Phi) is 9.57. The monoisotopic (exact) mass is 389 g/mol. The van der Waals surface area contributed by atoms with Gasteiger partial charge in [0.05, 0.1) is 6.10 Å². The van der Waals surface area contributed by atoms with Crippen molar-refractivity contribution >= 4 is 36.4 Å².